The van der Waals surface area contributed by atoms with Gasteiger partial charge in [-0.2, -0.15) is 0 Å². The molecule has 1 atom stereocenters. The quantitative estimate of drug-likeness (QED) is 0.453. The van der Waals surface area contributed by atoms with Crippen molar-refractivity contribution in [2.75, 3.05) is 6.61 Å². The van der Waals surface area contributed by atoms with Gasteiger partial charge in [0.2, 0.25) is 0 Å². The third-order valence-corrected chi connectivity index (χ3v) is 3.58. The molecule has 1 fully saturated rings. The highest BCUT2D eigenvalue weighted by molar-refractivity contribution is 6.33. The second-order valence-corrected chi connectivity index (χ2v) is 4.84. The summed E-state index contributed by atoms with van der Waals surface area (Å²) in [4.78, 5) is 24.5. The van der Waals surface area contributed by atoms with Gasteiger partial charge < -0.3 is 4.74 Å². The standard InChI is InChI=1S/C14H10F3NO3/c15-9-4-7(5-10(16)12(9)17)11-3-1-2-8-6-21-14(20)13(19)18(8)11/h2,4-5,11H,1,3,6H2/t11-/m0/s1. The van der Waals surface area contributed by atoms with Gasteiger partial charge in [0, 0.05) is 0 Å². The third kappa shape index (κ3) is 2.18. The summed E-state index contributed by atoms with van der Waals surface area (Å²) in [5.41, 5.74) is 0.584. The molecule has 0 saturated carbocycles. The lowest BCUT2D eigenvalue weighted by molar-refractivity contribution is -0.165. The van der Waals surface area contributed by atoms with Crippen LogP contribution in [0, 0.1) is 17.5 Å². The average Bonchev–Trinajstić information content (AvgIpc) is 2.47. The number of amides is 1. The minimum absolute atomic E-state index is 0.0623. The van der Waals surface area contributed by atoms with Crippen LogP contribution in [-0.2, 0) is 14.3 Å². The predicted molar refractivity (Wildman–Crippen MR) is 64.2 cm³/mol. The molecule has 0 bridgehead atoms. The number of nitrogens with zero attached hydrogens (tertiary/aromatic N) is 1. The number of rotatable bonds is 1. The van der Waals surface area contributed by atoms with Crippen LogP contribution in [0.15, 0.2) is 23.9 Å². The number of esters is 1. The van der Waals surface area contributed by atoms with E-state index in [1.54, 1.807) is 6.08 Å². The highest BCUT2D eigenvalue weighted by atomic mass is 19.2. The molecule has 0 N–H and O–H groups in total. The number of carbonyl (C=O) groups excluding carboxylic acids is 2. The molecule has 2 heterocycles. The number of hydrogen-bond acceptors (Lipinski definition) is 3. The molecular formula is C14H10F3NO3. The number of allylic oxidation sites excluding steroid dienone is 1. The molecular weight excluding hydrogens is 287 g/mol. The molecule has 2 aliphatic heterocycles. The first-order valence-electron chi connectivity index (χ1n) is 6.33. The molecule has 2 aliphatic rings. The van der Waals surface area contributed by atoms with Crippen molar-refractivity contribution in [3.8, 4) is 0 Å². The van der Waals surface area contributed by atoms with Crippen LogP contribution in [0.25, 0.3) is 0 Å². The average molecular weight is 297 g/mol. The van der Waals surface area contributed by atoms with E-state index in [0.717, 1.165) is 12.1 Å². The first kappa shape index (κ1) is 13.7. The first-order valence-corrected chi connectivity index (χ1v) is 6.33. The van der Waals surface area contributed by atoms with Crippen LogP contribution in [-0.4, -0.2) is 23.4 Å². The molecule has 0 aliphatic carbocycles. The van der Waals surface area contributed by atoms with Crippen molar-refractivity contribution < 1.29 is 27.5 Å². The molecule has 0 spiro atoms. The Morgan fingerprint density at radius 2 is 1.81 bits per heavy atom. The molecule has 7 heteroatoms. The second kappa shape index (κ2) is 4.91. The summed E-state index contributed by atoms with van der Waals surface area (Å²) in [6.07, 6.45) is 2.67. The van der Waals surface area contributed by atoms with Crippen LogP contribution in [0.4, 0.5) is 13.2 Å². The van der Waals surface area contributed by atoms with Crippen LogP contribution in [0.3, 0.4) is 0 Å². The molecule has 4 nitrogen and oxygen atoms in total. The summed E-state index contributed by atoms with van der Waals surface area (Å²) in [7, 11) is 0. The lowest BCUT2D eigenvalue weighted by atomic mass is 9.95. The Kier molecular flexibility index (Phi) is 3.19. The monoisotopic (exact) mass is 297 g/mol. The van der Waals surface area contributed by atoms with Crippen LogP contribution < -0.4 is 0 Å². The van der Waals surface area contributed by atoms with E-state index >= 15 is 0 Å². The van der Waals surface area contributed by atoms with Crippen molar-refractivity contribution in [2.45, 2.75) is 18.9 Å². The fourth-order valence-electron chi connectivity index (χ4n) is 2.62. The van der Waals surface area contributed by atoms with E-state index < -0.39 is 35.4 Å². The Labute approximate surface area is 117 Å². The van der Waals surface area contributed by atoms with Crippen molar-refractivity contribution in [3.63, 3.8) is 0 Å². The number of benzene rings is 1. The van der Waals surface area contributed by atoms with E-state index in [0.29, 0.717) is 18.5 Å². The lowest BCUT2D eigenvalue weighted by Gasteiger charge is -2.38. The summed E-state index contributed by atoms with van der Waals surface area (Å²) in [6, 6.07) is 0.980. The van der Waals surface area contributed by atoms with Gasteiger partial charge in [0.05, 0.1) is 11.7 Å². The number of morpholine rings is 1. The molecule has 1 saturated heterocycles. The van der Waals surface area contributed by atoms with E-state index in [1.165, 1.54) is 4.90 Å². The van der Waals surface area contributed by atoms with Crippen molar-refractivity contribution in [1.29, 1.82) is 0 Å². The van der Waals surface area contributed by atoms with Gasteiger partial charge in [0.25, 0.3) is 0 Å². The number of hydrogen-bond donors (Lipinski definition) is 0. The van der Waals surface area contributed by atoms with E-state index in [9.17, 15) is 22.8 Å². The molecule has 0 aromatic heterocycles. The van der Waals surface area contributed by atoms with Crippen LogP contribution in [0.1, 0.15) is 24.4 Å². The van der Waals surface area contributed by atoms with E-state index in [2.05, 4.69) is 0 Å². The Hall–Kier alpha value is -2.31. The fraction of sp³-hybridized carbons (Fsp3) is 0.286. The van der Waals surface area contributed by atoms with Gasteiger partial charge in [-0.25, -0.2) is 18.0 Å². The number of fused-ring (bicyclic) bond motifs is 1. The number of halogens is 3. The van der Waals surface area contributed by atoms with Gasteiger partial charge in [-0.05, 0) is 30.5 Å². The zero-order chi connectivity index (χ0) is 15.1. The maximum absolute atomic E-state index is 13.4. The Balaban J connectivity index is 2.04. The Morgan fingerprint density at radius 3 is 2.48 bits per heavy atom. The first-order chi connectivity index (χ1) is 9.99. The van der Waals surface area contributed by atoms with Crippen molar-refractivity contribution in [1.82, 2.24) is 4.90 Å². The lowest BCUT2D eigenvalue weighted by Crippen LogP contribution is -2.46. The summed E-state index contributed by atoms with van der Waals surface area (Å²) in [6.45, 7) is -0.0623. The summed E-state index contributed by atoms with van der Waals surface area (Å²) < 4.78 is 44.5. The minimum atomic E-state index is -1.56. The molecule has 1 aromatic rings. The maximum Gasteiger partial charge on any atom is 0.397 e. The second-order valence-electron chi connectivity index (χ2n) is 4.84. The predicted octanol–water partition coefficient (Wildman–Crippen LogP) is 2.21. The third-order valence-electron chi connectivity index (χ3n) is 3.58. The molecule has 0 radical (unpaired) electrons. The van der Waals surface area contributed by atoms with Crippen LogP contribution in [0.2, 0.25) is 0 Å². The molecule has 1 amide bonds. The van der Waals surface area contributed by atoms with Gasteiger partial charge in [-0.3, -0.25) is 9.69 Å². The Morgan fingerprint density at radius 1 is 1.14 bits per heavy atom. The zero-order valence-electron chi connectivity index (χ0n) is 10.7. The highest BCUT2D eigenvalue weighted by Gasteiger charge is 2.39. The molecule has 110 valence electrons. The maximum atomic E-state index is 13.4. The molecule has 3 rings (SSSR count). The number of carbonyl (C=O) groups is 2. The van der Waals surface area contributed by atoms with Crippen molar-refractivity contribution >= 4 is 11.9 Å². The van der Waals surface area contributed by atoms with Crippen LogP contribution >= 0.6 is 0 Å². The SMILES string of the molecule is O=C1OCC2=CCC[C@@H](c3cc(F)c(F)c(F)c3)N2C1=O. The summed E-state index contributed by atoms with van der Waals surface area (Å²) in [5.74, 6) is -6.11. The van der Waals surface area contributed by atoms with Gasteiger partial charge in [0.1, 0.15) is 6.61 Å². The van der Waals surface area contributed by atoms with Crippen molar-refractivity contribution in [3.05, 3.63) is 46.9 Å². The zero-order valence-corrected chi connectivity index (χ0v) is 10.7. The van der Waals surface area contributed by atoms with Gasteiger partial charge in [-0.15, -0.1) is 0 Å². The number of ether oxygens (including phenoxy) is 1. The van der Waals surface area contributed by atoms with Crippen molar-refractivity contribution in [2.24, 2.45) is 0 Å². The number of cyclic esters (lactones) is 1. The van der Waals surface area contributed by atoms with Gasteiger partial charge in [-0.1, -0.05) is 6.08 Å². The summed E-state index contributed by atoms with van der Waals surface area (Å²) in [5, 5.41) is 0. The summed E-state index contributed by atoms with van der Waals surface area (Å²) >= 11 is 0. The molecule has 21 heavy (non-hydrogen) atoms. The van der Waals surface area contributed by atoms with Gasteiger partial charge >= 0.3 is 11.9 Å². The van der Waals surface area contributed by atoms with E-state index in [1.807, 2.05) is 0 Å². The fourth-order valence-corrected chi connectivity index (χ4v) is 2.62. The smallest absolute Gasteiger partial charge is 0.397 e. The minimum Gasteiger partial charge on any atom is -0.452 e. The normalized spacial score (nSPS) is 21.8. The molecule has 1 aromatic carbocycles. The van der Waals surface area contributed by atoms with E-state index in [-0.39, 0.29) is 12.2 Å². The largest absolute Gasteiger partial charge is 0.452 e. The topological polar surface area (TPSA) is 46.6 Å². The highest BCUT2D eigenvalue weighted by Crippen LogP contribution is 2.36. The Bertz CT molecular complexity index is 648. The molecule has 0 unspecified atom stereocenters. The van der Waals surface area contributed by atoms with Crippen LogP contribution in [0.5, 0.6) is 0 Å². The van der Waals surface area contributed by atoms with E-state index in [4.69, 9.17) is 4.74 Å². The van der Waals surface area contributed by atoms with Gasteiger partial charge in [0.15, 0.2) is 17.5 Å².